The molecule has 0 aromatic rings. The Hall–Kier alpha value is -3.24. The van der Waals surface area contributed by atoms with Crippen LogP contribution in [0, 0.1) is 0 Å². The van der Waals surface area contributed by atoms with Crippen molar-refractivity contribution in [3.8, 4) is 0 Å². The Morgan fingerprint density at radius 3 is 0.854 bits per heavy atom. The SMILES string of the molecule is CC/C=C\C/C=C\C/C=C\CCCCCCCCCC(=O)OCC(COP(=O)(O)OCC(O)COP(=O)(O)OCC(COC(=O)CCCCCCC/C=C\CCCCCC)OC(=O)CCCCCCCCCCCCC)OC(=O)CCCCCCC/C=C\CCCCCCCC. The molecule has 5 unspecified atom stereocenters. The number of carbonyl (C=O) groups is 4. The normalized spacial score (nSPS) is 14.3. The van der Waals surface area contributed by atoms with Crippen LogP contribution in [0.2, 0.25) is 0 Å². The van der Waals surface area contributed by atoms with Crippen LogP contribution < -0.4 is 0 Å². The van der Waals surface area contributed by atoms with Gasteiger partial charge < -0.3 is 33.8 Å². The van der Waals surface area contributed by atoms with Crippen LogP contribution in [-0.2, 0) is 65.4 Å². The molecule has 0 amide bonds. The van der Waals surface area contributed by atoms with Crippen LogP contribution >= 0.6 is 15.6 Å². The second kappa shape index (κ2) is 70.2. The zero-order valence-corrected chi connectivity index (χ0v) is 62.8. The molecule has 3 N–H and O–H groups in total. The molecule has 0 aromatic heterocycles. The molecule has 19 heteroatoms. The first-order chi connectivity index (χ1) is 46.7. The zero-order chi connectivity index (χ0) is 70.4. The number of aliphatic hydroxyl groups excluding tert-OH is 1. The Labute approximate surface area is 584 Å². The Kier molecular flexibility index (Phi) is 67.8. The molecule has 96 heavy (non-hydrogen) atoms. The summed E-state index contributed by atoms with van der Waals surface area (Å²) in [7, 11) is -9.93. The number of allylic oxidation sites excluding steroid dienone is 10. The predicted molar refractivity (Wildman–Crippen MR) is 390 cm³/mol. The van der Waals surface area contributed by atoms with Gasteiger partial charge in [-0.25, -0.2) is 9.13 Å². The first-order valence-corrected chi connectivity index (χ1v) is 41.5. The summed E-state index contributed by atoms with van der Waals surface area (Å²) < 4.78 is 68.4. The van der Waals surface area contributed by atoms with Gasteiger partial charge in [0.1, 0.15) is 19.3 Å². The molecule has 0 saturated carbocycles. The van der Waals surface area contributed by atoms with Crippen LogP contribution in [0.15, 0.2) is 60.8 Å². The lowest BCUT2D eigenvalue weighted by Gasteiger charge is -2.21. The van der Waals surface area contributed by atoms with E-state index in [1.165, 1.54) is 103 Å². The summed E-state index contributed by atoms with van der Waals surface area (Å²) in [5.41, 5.74) is 0. The highest BCUT2D eigenvalue weighted by Crippen LogP contribution is 2.45. The average Bonchev–Trinajstić information content (AvgIpc) is 2.18. The molecule has 0 aliphatic heterocycles. The summed E-state index contributed by atoms with van der Waals surface area (Å²) in [6.45, 7) is 4.76. The van der Waals surface area contributed by atoms with Gasteiger partial charge in [0.05, 0.1) is 26.4 Å². The number of carbonyl (C=O) groups excluding carboxylic acids is 4. The van der Waals surface area contributed by atoms with E-state index in [0.717, 1.165) is 167 Å². The molecular weight excluding hydrogens is 1260 g/mol. The minimum absolute atomic E-state index is 0.0865. The molecule has 0 aliphatic carbocycles. The van der Waals surface area contributed by atoms with E-state index in [-0.39, 0.29) is 25.7 Å². The highest BCUT2D eigenvalue weighted by Gasteiger charge is 2.30. The molecule has 0 rings (SSSR count). The smallest absolute Gasteiger partial charge is 0.462 e. The number of hydrogen-bond acceptors (Lipinski definition) is 15. The maximum Gasteiger partial charge on any atom is 0.472 e. The number of phosphoric ester groups is 2. The molecule has 0 aliphatic rings. The fourth-order valence-electron chi connectivity index (χ4n) is 10.6. The average molecular weight is 1400 g/mol. The monoisotopic (exact) mass is 1400 g/mol. The van der Waals surface area contributed by atoms with Crippen LogP contribution in [-0.4, -0.2) is 96.7 Å². The molecule has 0 radical (unpaired) electrons. The molecule has 5 atom stereocenters. The van der Waals surface area contributed by atoms with Crippen molar-refractivity contribution in [3.63, 3.8) is 0 Å². The summed E-state index contributed by atoms with van der Waals surface area (Å²) in [4.78, 5) is 72.8. The van der Waals surface area contributed by atoms with E-state index >= 15 is 0 Å². The molecule has 0 spiro atoms. The lowest BCUT2D eigenvalue weighted by atomic mass is 10.1. The van der Waals surface area contributed by atoms with E-state index in [0.29, 0.717) is 25.7 Å². The number of ether oxygens (including phenoxy) is 4. The third-order valence-corrected chi connectivity index (χ3v) is 18.4. The van der Waals surface area contributed by atoms with Crippen LogP contribution in [0.1, 0.15) is 349 Å². The van der Waals surface area contributed by atoms with Crippen molar-refractivity contribution in [3.05, 3.63) is 60.8 Å². The minimum atomic E-state index is -4.97. The van der Waals surface area contributed by atoms with Crippen molar-refractivity contribution in [1.82, 2.24) is 0 Å². The summed E-state index contributed by atoms with van der Waals surface area (Å²) in [5, 5.41) is 10.6. The Morgan fingerprint density at radius 1 is 0.302 bits per heavy atom. The molecular formula is C77H140O17P2. The number of hydrogen-bond donors (Lipinski definition) is 3. The van der Waals surface area contributed by atoms with E-state index in [1.54, 1.807) is 0 Å². The summed E-state index contributed by atoms with van der Waals surface area (Å²) in [5.74, 6) is -2.17. The van der Waals surface area contributed by atoms with E-state index in [4.69, 9.17) is 37.0 Å². The summed E-state index contributed by atoms with van der Waals surface area (Å²) >= 11 is 0. The highest BCUT2D eigenvalue weighted by molar-refractivity contribution is 7.47. The second-order valence-corrected chi connectivity index (χ2v) is 28.8. The number of unbranched alkanes of at least 4 members (excludes halogenated alkanes) is 37. The maximum atomic E-state index is 13.1. The highest BCUT2D eigenvalue weighted by atomic mass is 31.2. The van der Waals surface area contributed by atoms with Gasteiger partial charge in [-0.2, -0.15) is 0 Å². The van der Waals surface area contributed by atoms with Gasteiger partial charge in [-0.1, -0.05) is 275 Å². The van der Waals surface area contributed by atoms with Crippen molar-refractivity contribution in [2.45, 2.75) is 367 Å². The fourth-order valence-corrected chi connectivity index (χ4v) is 12.2. The lowest BCUT2D eigenvalue weighted by Crippen LogP contribution is -2.30. The largest absolute Gasteiger partial charge is 0.472 e. The quantitative estimate of drug-likeness (QED) is 0.0169. The lowest BCUT2D eigenvalue weighted by molar-refractivity contribution is -0.161. The number of phosphoric acid groups is 2. The van der Waals surface area contributed by atoms with E-state index < -0.39 is 97.5 Å². The van der Waals surface area contributed by atoms with Crippen molar-refractivity contribution >= 4 is 39.5 Å². The van der Waals surface area contributed by atoms with Crippen molar-refractivity contribution in [2.75, 3.05) is 39.6 Å². The van der Waals surface area contributed by atoms with Gasteiger partial charge in [-0.05, 0) is 109 Å². The molecule has 0 bridgehead atoms. The van der Waals surface area contributed by atoms with Gasteiger partial charge in [-0.15, -0.1) is 0 Å². The van der Waals surface area contributed by atoms with E-state index in [1.807, 2.05) is 0 Å². The molecule has 0 heterocycles. The molecule has 0 fully saturated rings. The maximum absolute atomic E-state index is 13.1. The third kappa shape index (κ3) is 69.2. The van der Waals surface area contributed by atoms with Gasteiger partial charge in [0.25, 0.3) is 0 Å². The zero-order valence-electron chi connectivity index (χ0n) is 61.1. The van der Waals surface area contributed by atoms with E-state index in [2.05, 4.69) is 88.5 Å². The second-order valence-electron chi connectivity index (χ2n) is 25.9. The number of rotatable bonds is 73. The van der Waals surface area contributed by atoms with Crippen LogP contribution in [0.5, 0.6) is 0 Å². The van der Waals surface area contributed by atoms with Crippen LogP contribution in [0.4, 0.5) is 0 Å². The Bertz CT molecular complexity index is 2060. The van der Waals surface area contributed by atoms with Crippen LogP contribution in [0.25, 0.3) is 0 Å². The minimum Gasteiger partial charge on any atom is -0.462 e. The molecule has 0 saturated heterocycles. The first-order valence-electron chi connectivity index (χ1n) is 38.5. The Morgan fingerprint density at radius 2 is 0.542 bits per heavy atom. The van der Waals surface area contributed by atoms with Gasteiger partial charge in [0.15, 0.2) is 12.2 Å². The predicted octanol–water partition coefficient (Wildman–Crippen LogP) is 21.9. The first kappa shape index (κ1) is 92.8. The number of esters is 4. The van der Waals surface area contributed by atoms with E-state index in [9.17, 15) is 43.2 Å². The topological polar surface area (TPSA) is 237 Å². The summed E-state index contributed by atoms with van der Waals surface area (Å²) in [6, 6.07) is 0. The van der Waals surface area contributed by atoms with Crippen molar-refractivity contribution in [1.29, 1.82) is 0 Å². The molecule has 0 aromatic carbocycles. The molecule has 560 valence electrons. The van der Waals surface area contributed by atoms with Gasteiger partial charge >= 0.3 is 39.5 Å². The van der Waals surface area contributed by atoms with Crippen molar-refractivity contribution in [2.24, 2.45) is 0 Å². The van der Waals surface area contributed by atoms with Gasteiger partial charge in [0, 0.05) is 25.7 Å². The van der Waals surface area contributed by atoms with Gasteiger partial charge in [-0.3, -0.25) is 37.3 Å². The number of aliphatic hydroxyl groups is 1. The standard InChI is InChI=1S/C77H140O17P2/c1-5-9-13-17-21-25-29-32-34-35-37-39-43-46-50-54-58-62-75(80)88-68-73(94-77(82)64-60-56-52-48-44-40-36-33-30-26-22-18-14-10-6-2)70-92-96(85,86)90-66-71(78)65-89-95(83,84)91-69-72(93-76(81)63-59-55-51-47-41-28-24-20-16-12-8-4)67-87-74(79)61-57-53-49-45-42-38-31-27-23-19-15-11-7-3/h9,13,21,25,27,31-34,36,71-73,78H,5-8,10-12,14-20,22-24,26,28-30,35,37-70H2,1-4H3,(H,83,84)(H,85,86)/b13-9-,25-21-,31-27-,34-32-,36-33-. The summed E-state index contributed by atoms with van der Waals surface area (Å²) in [6.07, 6.45) is 67.8. The Balaban J connectivity index is 5.31. The third-order valence-electron chi connectivity index (χ3n) is 16.5. The van der Waals surface area contributed by atoms with Gasteiger partial charge in [0.2, 0.25) is 0 Å². The molecule has 17 nitrogen and oxygen atoms in total. The fraction of sp³-hybridized carbons (Fsp3) is 0.818. The van der Waals surface area contributed by atoms with Crippen LogP contribution in [0.3, 0.4) is 0 Å². The van der Waals surface area contributed by atoms with Crippen molar-refractivity contribution < 1.29 is 80.2 Å².